The fourth-order valence-corrected chi connectivity index (χ4v) is 3.16. The van der Waals surface area contributed by atoms with Gasteiger partial charge in [0, 0.05) is 13.0 Å². The van der Waals surface area contributed by atoms with Crippen molar-refractivity contribution in [2.24, 2.45) is 0 Å². The number of fused-ring (bicyclic) bond motifs is 1. The van der Waals surface area contributed by atoms with Crippen LogP contribution in [-0.4, -0.2) is 41.1 Å². The van der Waals surface area contributed by atoms with Crippen molar-refractivity contribution in [3.8, 4) is 5.75 Å². The number of carbonyl (C=O) groups excluding carboxylic acids is 2. The molecule has 1 atom stereocenters. The van der Waals surface area contributed by atoms with Gasteiger partial charge in [0.1, 0.15) is 17.0 Å². The summed E-state index contributed by atoms with van der Waals surface area (Å²) in [5, 5.41) is 0. The highest BCUT2D eigenvalue weighted by atomic mass is 16.6. The van der Waals surface area contributed by atoms with Crippen molar-refractivity contribution < 1.29 is 19.1 Å². The largest absolute Gasteiger partial charge is 0.484 e. The zero-order chi connectivity index (χ0) is 16.8. The molecule has 1 amide bonds. The molecule has 5 heteroatoms. The molecule has 1 spiro atoms. The Morgan fingerprint density at radius 3 is 2.78 bits per heavy atom. The highest BCUT2D eigenvalue weighted by Gasteiger charge is 2.47. The van der Waals surface area contributed by atoms with Crippen LogP contribution >= 0.6 is 0 Å². The van der Waals surface area contributed by atoms with Crippen molar-refractivity contribution in [3.63, 3.8) is 0 Å². The SMILES string of the molecule is Cc1ccc2c(c1)C(=O)C[C@@]1(CCN(C(=O)OC(C)(C)C)C1)O2. The number of likely N-dealkylation sites (tertiary alicyclic amines) is 1. The lowest BCUT2D eigenvalue weighted by molar-refractivity contribution is 0.0171. The molecule has 2 aliphatic rings. The molecule has 0 aromatic heterocycles. The number of Topliss-reactive ketones (excluding diaryl/α,β-unsaturated/α-hetero) is 1. The van der Waals surface area contributed by atoms with Crippen LogP contribution in [0.25, 0.3) is 0 Å². The maximum Gasteiger partial charge on any atom is 0.410 e. The summed E-state index contributed by atoms with van der Waals surface area (Å²) in [6.07, 6.45) is 0.605. The average Bonchev–Trinajstić information content (AvgIpc) is 2.82. The van der Waals surface area contributed by atoms with E-state index in [1.807, 2.05) is 45.9 Å². The summed E-state index contributed by atoms with van der Waals surface area (Å²) < 4.78 is 11.6. The van der Waals surface area contributed by atoms with Crippen LogP contribution in [0, 0.1) is 6.92 Å². The molecular formula is C18H23NO4. The Bertz CT molecular complexity index is 661. The Labute approximate surface area is 136 Å². The average molecular weight is 317 g/mol. The Kier molecular flexibility index (Phi) is 3.62. The molecule has 0 unspecified atom stereocenters. The number of ketones is 1. The van der Waals surface area contributed by atoms with Crippen LogP contribution in [0.1, 0.15) is 49.5 Å². The van der Waals surface area contributed by atoms with E-state index in [4.69, 9.17) is 9.47 Å². The summed E-state index contributed by atoms with van der Waals surface area (Å²) in [4.78, 5) is 26.3. The number of hydrogen-bond acceptors (Lipinski definition) is 4. The third-order valence-electron chi connectivity index (χ3n) is 4.21. The highest BCUT2D eigenvalue weighted by Crippen LogP contribution is 2.39. The summed E-state index contributed by atoms with van der Waals surface area (Å²) in [5.74, 6) is 0.707. The fraction of sp³-hybridized carbons (Fsp3) is 0.556. The molecule has 1 fully saturated rings. The van der Waals surface area contributed by atoms with Gasteiger partial charge in [0.25, 0.3) is 0 Å². The van der Waals surface area contributed by atoms with E-state index in [1.54, 1.807) is 4.90 Å². The predicted molar refractivity (Wildman–Crippen MR) is 85.9 cm³/mol. The molecule has 2 heterocycles. The number of hydrogen-bond donors (Lipinski definition) is 0. The van der Waals surface area contributed by atoms with Crippen molar-refractivity contribution in [2.75, 3.05) is 13.1 Å². The van der Waals surface area contributed by atoms with Crippen molar-refractivity contribution in [2.45, 2.75) is 51.7 Å². The van der Waals surface area contributed by atoms with E-state index >= 15 is 0 Å². The molecule has 124 valence electrons. The van der Waals surface area contributed by atoms with E-state index in [9.17, 15) is 9.59 Å². The second kappa shape index (κ2) is 5.25. The van der Waals surface area contributed by atoms with Gasteiger partial charge < -0.3 is 14.4 Å². The maximum atomic E-state index is 12.5. The van der Waals surface area contributed by atoms with Crippen LogP contribution in [0.3, 0.4) is 0 Å². The van der Waals surface area contributed by atoms with Gasteiger partial charge in [-0.05, 0) is 39.8 Å². The van der Waals surface area contributed by atoms with Gasteiger partial charge >= 0.3 is 6.09 Å². The predicted octanol–water partition coefficient (Wildman–Crippen LogP) is 3.34. The van der Waals surface area contributed by atoms with Gasteiger partial charge in [-0.15, -0.1) is 0 Å². The molecule has 0 bridgehead atoms. The van der Waals surface area contributed by atoms with Crippen LogP contribution in [-0.2, 0) is 4.74 Å². The zero-order valence-electron chi connectivity index (χ0n) is 14.1. The molecule has 1 aromatic carbocycles. The van der Waals surface area contributed by atoms with Gasteiger partial charge in [-0.2, -0.15) is 0 Å². The van der Waals surface area contributed by atoms with Crippen LogP contribution in [0.2, 0.25) is 0 Å². The lowest BCUT2D eigenvalue weighted by Crippen LogP contribution is -2.46. The molecular weight excluding hydrogens is 294 g/mol. The first-order valence-electron chi connectivity index (χ1n) is 7.98. The second-order valence-electron chi connectivity index (χ2n) is 7.54. The van der Waals surface area contributed by atoms with Gasteiger partial charge in [-0.25, -0.2) is 4.79 Å². The Morgan fingerprint density at radius 2 is 2.09 bits per heavy atom. The Hall–Kier alpha value is -2.04. The minimum Gasteiger partial charge on any atom is -0.484 e. The van der Waals surface area contributed by atoms with Crippen molar-refractivity contribution in [3.05, 3.63) is 29.3 Å². The van der Waals surface area contributed by atoms with Crippen LogP contribution < -0.4 is 4.74 Å². The minimum absolute atomic E-state index is 0.0842. The zero-order valence-corrected chi connectivity index (χ0v) is 14.1. The molecule has 0 N–H and O–H groups in total. The van der Waals surface area contributed by atoms with Crippen molar-refractivity contribution in [1.29, 1.82) is 0 Å². The normalized spacial score (nSPS) is 23.7. The molecule has 23 heavy (non-hydrogen) atoms. The molecule has 0 aliphatic carbocycles. The van der Waals surface area contributed by atoms with Gasteiger partial charge in [-0.3, -0.25) is 4.79 Å². The van der Waals surface area contributed by atoms with Crippen LogP contribution in [0.15, 0.2) is 18.2 Å². The van der Waals surface area contributed by atoms with Crippen molar-refractivity contribution in [1.82, 2.24) is 4.90 Å². The van der Waals surface area contributed by atoms with E-state index < -0.39 is 11.2 Å². The molecule has 5 nitrogen and oxygen atoms in total. The number of amides is 1. The second-order valence-corrected chi connectivity index (χ2v) is 7.54. The van der Waals surface area contributed by atoms with E-state index in [1.165, 1.54) is 0 Å². The summed E-state index contributed by atoms with van der Waals surface area (Å²) in [7, 11) is 0. The van der Waals surface area contributed by atoms with Gasteiger partial charge in [0.15, 0.2) is 5.78 Å². The maximum absolute atomic E-state index is 12.5. The monoisotopic (exact) mass is 317 g/mol. The standard InChI is InChI=1S/C18H23NO4/c1-12-5-6-15-13(9-12)14(20)10-18(22-15)7-8-19(11-18)16(21)23-17(2,3)4/h5-6,9H,7-8,10-11H2,1-4H3/t18-/m1/s1. The van der Waals surface area contributed by atoms with Gasteiger partial charge in [-0.1, -0.05) is 11.6 Å². The van der Waals surface area contributed by atoms with Gasteiger partial charge in [0.05, 0.1) is 18.5 Å². The van der Waals surface area contributed by atoms with Crippen LogP contribution in [0.5, 0.6) is 5.75 Å². The number of carbonyl (C=O) groups is 2. The summed E-state index contributed by atoms with van der Waals surface area (Å²) in [6, 6.07) is 5.65. The Balaban J connectivity index is 1.77. The first-order valence-corrected chi connectivity index (χ1v) is 7.98. The summed E-state index contributed by atoms with van der Waals surface area (Å²) in [6.45, 7) is 8.42. The lowest BCUT2D eigenvalue weighted by atomic mass is 9.89. The minimum atomic E-state index is -0.615. The first kappa shape index (κ1) is 15.8. The highest BCUT2D eigenvalue weighted by molar-refractivity contribution is 6.00. The van der Waals surface area contributed by atoms with Gasteiger partial charge in [0.2, 0.25) is 0 Å². The number of aryl methyl sites for hydroxylation is 1. The van der Waals surface area contributed by atoms with E-state index in [0.717, 1.165) is 5.56 Å². The molecule has 1 aromatic rings. The quantitative estimate of drug-likeness (QED) is 0.736. The summed E-state index contributed by atoms with van der Waals surface area (Å²) >= 11 is 0. The molecule has 3 rings (SSSR count). The summed E-state index contributed by atoms with van der Waals surface area (Å²) in [5.41, 5.74) is 0.543. The van der Waals surface area contributed by atoms with E-state index in [-0.39, 0.29) is 11.9 Å². The first-order chi connectivity index (χ1) is 10.7. The van der Waals surface area contributed by atoms with E-state index in [0.29, 0.717) is 37.2 Å². The topological polar surface area (TPSA) is 55.8 Å². The van der Waals surface area contributed by atoms with Crippen molar-refractivity contribution >= 4 is 11.9 Å². The smallest absolute Gasteiger partial charge is 0.410 e. The Morgan fingerprint density at radius 1 is 1.35 bits per heavy atom. The number of benzene rings is 1. The number of rotatable bonds is 0. The number of nitrogens with zero attached hydrogens (tertiary/aromatic N) is 1. The fourth-order valence-electron chi connectivity index (χ4n) is 3.16. The third kappa shape index (κ3) is 3.19. The third-order valence-corrected chi connectivity index (χ3v) is 4.21. The molecule has 0 saturated carbocycles. The van der Waals surface area contributed by atoms with E-state index in [2.05, 4.69) is 0 Å². The lowest BCUT2D eigenvalue weighted by Gasteiger charge is -2.35. The molecule has 2 aliphatic heterocycles. The molecule has 1 saturated heterocycles. The molecule has 0 radical (unpaired) electrons. The number of ether oxygens (including phenoxy) is 2. The van der Waals surface area contributed by atoms with Crippen LogP contribution in [0.4, 0.5) is 4.79 Å².